The van der Waals surface area contributed by atoms with Crippen molar-refractivity contribution in [2.24, 2.45) is 0 Å². The smallest absolute Gasteiger partial charge is 0.0471 e. The van der Waals surface area contributed by atoms with Crippen LogP contribution in [-0.2, 0) is 22.7 Å². The fraction of sp³-hybridized carbons (Fsp3) is 0.255. The minimum absolute atomic E-state index is 0.0690. The van der Waals surface area contributed by atoms with E-state index in [-0.39, 0.29) is 24.0 Å². The van der Waals surface area contributed by atoms with Gasteiger partial charge in [-0.15, -0.1) is 6.58 Å². The van der Waals surface area contributed by atoms with Gasteiger partial charge in [-0.05, 0) is 145 Å². The molecule has 0 amide bonds. The molecule has 6 aromatic carbocycles. The molecule has 0 aliphatic heterocycles. The van der Waals surface area contributed by atoms with Crippen LogP contribution in [0.15, 0.2) is 122 Å². The monoisotopic (exact) mass is 692 g/mol. The highest BCUT2D eigenvalue weighted by atomic mass is 16.3. The molecule has 0 spiro atoms. The average Bonchev–Trinajstić information content (AvgIpc) is 3.66. The zero-order valence-electron chi connectivity index (χ0n) is 31.6. The summed E-state index contributed by atoms with van der Waals surface area (Å²) in [5.74, 6) is 0. The van der Waals surface area contributed by atoms with Crippen molar-refractivity contribution in [3.8, 4) is 55.6 Å². The summed E-state index contributed by atoms with van der Waals surface area (Å²) in [6.07, 6.45) is 4.28. The molecule has 53 heavy (non-hydrogen) atoms. The SMILES string of the molecule is C=CC1(CCCO)c2cc(-c3ccc4c(c3)C(C)(C)c3cc(C)ccc3-4)ccc2-c2ccc(-c3ccc4c(c3)C(C)(C)c3cc(CCO)ccc3-4)cc21. The van der Waals surface area contributed by atoms with Crippen LogP contribution in [0.1, 0.15) is 85.0 Å². The highest BCUT2D eigenvalue weighted by Crippen LogP contribution is 2.56. The third-order valence-corrected chi connectivity index (χ3v) is 13.0. The minimum Gasteiger partial charge on any atom is -0.396 e. The lowest BCUT2D eigenvalue weighted by molar-refractivity contribution is 0.276. The predicted octanol–water partition coefficient (Wildman–Crippen LogP) is 11.7. The van der Waals surface area contributed by atoms with Crippen molar-refractivity contribution in [1.29, 1.82) is 0 Å². The second kappa shape index (κ2) is 12.0. The molecule has 0 bridgehead atoms. The lowest BCUT2D eigenvalue weighted by Gasteiger charge is -2.29. The zero-order valence-corrected chi connectivity index (χ0v) is 31.6. The molecule has 264 valence electrons. The molecule has 0 saturated heterocycles. The van der Waals surface area contributed by atoms with Crippen molar-refractivity contribution in [3.05, 3.63) is 166 Å². The number of hydrogen-bond donors (Lipinski definition) is 2. The van der Waals surface area contributed by atoms with Crippen LogP contribution in [0.2, 0.25) is 0 Å². The molecule has 0 heterocycles. The number of hydrogen-bond acceptors (Lipinski definition) is 2. The Balaban J connectivity index is 1.12. The Morgan fingerprint density at radius 2 is 0.887 bits per heavy atom. The van der Waals surface area contributed by atoms with Crippen molar-refractivity contribution in [2.45, 2.75) is 70.1 Å². The molecule has 0 saturated carbocycles. The number of fused-ring (bicyclic) bond motifs is 9. The lowest BCUT2D eigenvalue weighted by Crippen LogP contribution is -2.23. The van der Waals surface area contributed by atoms with E-state index < -0.39 is 5.41 Å². The molecule has 3 aliphatic rings. The minimum atomic E-state index is -0.418. The normalized spacial score (nSPS) is 17.8. The van der Waals surface area contributed by atoms with Crippen molar-refractivity contribution in [1.82, 2.24) is 0 Å². The van der Waals surface area contributed by atoms with Gasteiger partial charge < -0.3 is 10.2 Å². The van der Waals surface area contributed by atoms with Gasteiger partial charge in [-0.1, -0.05) is 124 Å². The van der Waals surface area contributed by atoms with Crippen LogP contribution in [0.5, 0.6) is 0 Å². The van der Waals surface area contributed by atoms with E-state index in [0.29, 0.717) is 12.8 Å². The molecule has 1 atom stereocenters. The first kappa shape index (κ1) is 33.8. The van der Waals surface area contributed by atoms with Gasteiger partial charge in [0.05, 0.1) is 0 Å². The summed E-state index contributed by atoms with van der Waals surface area (Å²) < 4.78 is 0. The third-order valence-electron chi connectivity index (χ3n) is 13.0. The van der Waals surface area contributed by atoms with Crippen LogP contribution in [0.25, 0.3) is 55.6 Å². The van der Waals surface area contributed by atoms with E-state index in [9.17, 15) is 10.2 Å². The molecule has 0 radical (unpaired) electrons. The number of allylic oxidation sites excluding steroid dienone is 1. The molecular formula is C51H48O2. The molecule has 2 heteroatoms. The summed E-state index contributed by atoms with van der Waals surface area (Å²) in [5, 5.41) is 19.7. The van der Waals surface area contributed by atoms with Gasteiger partial charge in [0.1, 0.15) is 0 Å². The van der Waals surface area contributed by atoms with E-state index in [1.165, 1.54) is 100 Å². The molecule has 0 fully saturated rings. The maximum absolute atomic E-state index is 10.1. The average molecular weight is 693 g/mol. The van der Waals surface area contributed by atoms with Crippen LogP contribution < -0.4 is 0 Å². The van der Waals surface area contributed by atoms with Gasteiger partial charge in [0, 0.05) is 29.5 Å². The van der Waals surface area contributed by atoms with Gasteiger partial charge in [-0.2, -0.15) is 0 Å². The summed E-state index contributed by atoms with van der Waals surface area (Å²) >= 11 is 0. The molecule has 3 aliphatic carbocycles. The van der Waals surface area contributed by atoms with Gasteiger partial charge in [-0.3, -0.25) is 0 Å². The van der Waals surface area contributed by atoms with Crippen LogP contribution in [0, 0.1) is 6.92 Å². The fourth-order valence-electron chi connectivity index (χ4n) is 10.0. The van der Waals surface area contributed by atoms with E-state index in [0.717, 1.165) is 6.42 Å². The van der Waals surface area contributed by atoms with Crippen LogP contribution in [0.3, 0.4) is 0 Å². The maximum atomic E-state index is 10.1. The zero-order chi connectivity index (χ0) is 36.9. The van der Waals surface area contributed by atoms with Crippen molar-refractivity contribution in [3.63, 3.8) is 0 Å². The van der Waals surface area contributed by atoms with Gasteiger partial charge in [-0.25, -0.2) is 0 Å². The summed E-state index contributed by atoms with van der Waals surface area (Å²) in [4.78, 5) is 0. The molecule has 2 nitrogen and oxygen atoms in total. The molecule has 9 rings (SSSR count). The van der Waals surface area contributed by atoms with Crippen LogP contribution in [0.4, 0.5) is 0 Å². The molecule has 1 unspecified atom stereocenters. The second-order valence-corrected chi connectivity index (χ2v) is 16.7. The highest BCUT2D eigenvalue weighted by Gasteiger charge is 2.42. The summed E-state index contributed by atoms with van der Waals surface area (Å²) in [5.41, 5.74) is 22.4. The Hall–Kier alpha value is -5.02. The number of aliphatic hydroxyl groups excluding tert-OH is 2. The number of rotatable bonds is 8. The summed E-state index contributed by atoms with van der Waals surface area (Å²) in [6.45, 7) is 16.3. The molecular weight excluding hydrogens is 645 g/mol. The molecule has 0 aromatic heterocycles. The molecule has 6 aromatic rings. The number of aryl methyl sites for hydroxylation is 1. The quantitative estimate of drug-likeness (QED) is 0.156. The van der Waals surface area contributed by atoms with Crippen molar-refractivity contribution in [2.75, 3.05) is 13.2 Å². The van der Waals surface area contributed by atoms with E-state index >= 15 is 0 Å². The van der Waals surface area contributed by atoms with E-state index in [1.807, 2.05) is 0 Å². The number of benzene rings is 6. The topological polar surface area (TPSA) is 40.5 Å². The van der Waals surface area contributed by atoms with Gasteiger partial charge in [0.15, 0.2) is 0 Å². The first-order valence-electron chi connectivity index (χ1n) is 19.2. The highest BCUT2D eigenvalue weighted by molar-refractivity contribution is 5.90. The Morgan fingerprint density at radius 3 is 1.34 bits per heavy atom. The fourth-order valence-corrected chi connectivity index (χ4v) is 10.0. The predicted molar refractivity (Wildman–Crippen MR) is 221 cm³/mol. The largest absolute Gasteiger partial charge is 0.396 e. The van der Waals surface area contributed by atoms with Gasteiger partial charge in [0.25, 0.3) is 0 Å². The Morgan fingerprint density at radius 1 is 0.491 bits per heavy atom. The standard InChI is InChI=1S/C51H48O2/c1-7-51(22-8-23-52)47-29-35(33-11-17-39-37-15-9-31(2)25-43(37)49(3,4)45(39)27-33)13-19-41(47)42-20-14-36(30-48(42)51)34-12-18-40-38-16-10-32(21-24-53)26-44(38)50(5,6)46(40)28-34/h7,9-20,25-30,52-53H,1,8,21-24H2,2-6H3. The van der Waals surface area contributed by atoms with E-state index in [2.05, 4.69) is 156 Å². The Labute approximate surface area is 314 Å². The first-order valence-corrected chi connectivity index (χ1v) is 19.2. The van der Waals surface area contributed by atoms with E-state index in [1.54, 1.807) is 0 Å². The van der Waals surface area contributed by atoms with Gasteiger partial charge in [0.2, 0.25) is 0 Å². The Kier molecular flexibility index (Phi) is 7.65. The van der Waals surface area contributed by atoms with Crippen molar-refractivity contribution >= 4 is 0 Å². The van der Waals surface area contributed by atoms with Crippen LogP contribution >= 0.6 is 0 Å². The van der Waals surface area contributed by atoms with Crippen molar-refractivity contribution < 1.29 is 10.2 Å². The van der Waals surface area contributed by atoms with Crippen LogP contribution in [-0.4, -0.2) is 23.4 Å². The second-order valence-electron chi connectivity index (χ2n) is 16.7. The van der Waals surface area contributed by atoms with E-state index in [4.69, 9.17) is 0 Å². The maximum Gasteiger partial charge on any atom is 0.0471 e. The number of aliphatic hydroxyl groups is 2. The lowest BCUT2D eigenvalue weighted by atomic mass is 9.73. The molecule has 2 N–H and O–H groups in total. The summed E-state index contributed by atoms with van der Waals surface area (Å²) in [6, 6.07) is 41.5. The van der Waals surface area contributed by atoms with Gasteiger partial charge >= 0.3 is 0 Å². The first-order chi connectivity index (χ1) is 25.5. The third kappa shape index (κ3) is 4.85. The summed E-state index contributed by atoms with van der Waals surface area (Å²) in [7, 11) is 0. The Bertz CT molecular complexity index is 2490.